The van der Waals surface area contributed by atoms with Gasteiger partial charge in [-0.3, -0.25) is 13.9 Å². The number of H-pyrrole nitrogens is 1. The number of ether oxygens (including phenoxy) is 1. The van der Waals surface area contributed by atoms with E-state index in [1.165, 1.54) is 29.0 Å². The molecule has 24 heavy (non-hydrogen) atoms. The van der Waals surface area contributed by atoms with Crippen LogP contribution < -0.4 is 5.56 Å². The Morgan fingerprint density at radius 1 is 1.50 bits per heavy atom. The van der Waals surface area contributed by atoms with Gasteiger partial charge in [0.2, 0.25) is 0 Å². The zero-order valence-electron chi connectivity index (χ0n) is 12.3. The lowest BCUT2D eigenvalue weighted by atomic mass is 10.1. The number of hydrogen-bond acceptors (Lipinski definition) is 8. The highest BCUT2D eigenvalue weighted by molar-refractivity contribution is 7.98. The number of nitrogens with one attached hydrogen (secondary N) is 1. The number of imidazole rings is 1. The molecular weight excluding hydrogens is 363 g/mol. The molecule has 1 aliphatic rings. The molecule has 3 heterocycles. The smallest absolute Gasteiger partial charge is 0.386 e. The lowest BCUT2D eigenvalue weighted by molar-refractivity contribution is -0.0288. The van der Waals surface area contributed by atoms with Crippen LogP contribution in [0, 0.1) is 0 Å². The molecule has 0 radical (unpaired) electrons. The number of aliphatic hydroxyl groups excluding tert-OH is 1. The summed E-state index contributed by atoms with van der Waals surface area (Å²) in [6.07, 6.45) is -0.170. The van der Waals surface area contributed by atoms with E-state index in [1.54, 1.807) is 6.26 Å². The van der Waals surface area contributed by atoms with Crippen molar-refractivity contribution < 1.29 is 28.7 Å². The minimum atomic E-state index is -4.82. The van der Waals surface area contributed by atoms with Gasteiger partial charge in [0.15, 0.2) is 17.4 Å². The molecular formula is C11H15N4O7PS. The summed E-state index contributed by atoms with van der Waals surface area (Å²) in [7, 11) is -4.82. The van der Waals surface area contributed by atoms with Crippen LogP contribution in [0.1, 0.15) is 6.23 Å². The third-order valence-corrected chi connectivity index (χ3v) is 4.72. The lowest BCUT2D eigenvalue weighted by Gasteiger charge is -2.20. The number of rotatable bonds is 5. The molecule has 2 aromatic rings. The summed E-state index contributed by atoms with van der Waals surface area (Å²) < 4.78 is 22.9. The van der Waals surface area contributed by atoms with Gasteiger partial charge >= 0.3 is 7.82 Å². The zero-order valence-corrected chi connectivity index (χ0v) is 14.1. The second-order valence-electron chi connectivity index (χ2n) is 5.13. The Morgan fingerprint density at radius 2 is 2.25 bits per heavy atom. The zero-order chi connectivity index (χ0) is 17.5. The largest absolute Gasteiger partial charge is 0.470 e. The van der Waals surface area contributed by atoms with Crippen LogP contribution in [0.3, 0.4) is 0 Å². The normalized spacial score (nSPS) is 27.8. The highest BCUT2D eigenvalue weighted by atomic mass is 32.2. The van der Waals surface area contributed by atoms with E-state index in [2.05, 4.69) is 15.0 Å². The fraction of sp³-hybridized carbons (Fsp3) is 0.545. The highest BCUT2D eigenvalue weighted by Crippen LogP contribution is 2.44. The first-order valence-electron chi connectivity index (χ1n) is 6.78. The number of fused-ring (bicyclic) bond motifs is 1. The van der Waals surface area contributed by atoms with Crippen LogP contribution in [0.25, 0.3) is 11.2 Å². The molecule has 0 spiro atoms. The molecule has 1 fully saturated rings. The first kappa shape index (κ1) is 17.5. The van der Waals surface area contributed by atoms with E-state index in [-0.39, 0.29) is 11.2 Å². The number of phosphoric ester groups is 1. The van der Waals surface area contributed by atoms with Gasteiger partial charge in [-0.25, -0.2) is 14.5 Å². The van der Waals surface area contributed by atoms with E-state index in [0.29, 0.717) is 5.75 Å². The lowest BCUT2D eigenvalue weighted by Crippen LogP contribution is -2.34. The van der Waals surface area contributed by atoms with Crippen molar-refractivity contribution in [1.29, 1.82) is 0 Å². The SMILES string of the molecule is CSC[C@H]1O[C@@H](n2cnc3c(=O)[nH]cnc32)[C@H](O)[C@@H]1OP(=O)(O)O. The highest BCUT2D eigenvalue weighted by Gasteiger charge is 2.48. The molecule has 13 heteroatoms. The third kappa shape index (κ3) is 3.26. The molecule has 2 aromatic heterocycles. The van der Waals surface area contributed by atoms with Crippen molar-refractivity contribution in [2.75, 3.05) is 12.0 Å². The van der Waals surface area contributed by atoms with Gasteiger partial charge < -0.3 is 24.6 Å². The van der Waals surface area contributed by atoms with Crippen LogP contribution in [0.2, 0.25) is 0 Å². The Labute approximate surface area is 139 Å². The molecule has 1 saturated heterocycles. The summed E-state index contributed by atoms with van der Waals surface area (Å²) >= 11 is 1.37. The molecule has 3 rings (SSSR count). The van der Waals surface area contributed by atoms with E-state index in [0.717, 1.165) is 0 Å². The number of aromatic nitrogens is 4. The van der Waals surface area contributed by atoms with Gasteiger partial charge in [0, 0.05) is 5.75 Å². The van der Waals surface area contributed by atoms with Gasteiger partial charge in [0.05, 0.1) is 18.8 Å². The van der Waals surface area contributed by atoms with Crippen molar-refractivity contribution in [3.63, 3.8) is 0 Å². The number of hydrogen-bond donors (Lipinski definition) is 4. The minimum Gasteiger partial charge on any atom is -0.386 e. The Hall–Kier alpha value is -1.27. The maximum Gasteiger partial charge on any atom is 0.470 e. The molecule has 11 nitrogen and oxygen atoms in total. The Kier molecular flexibility index (Phi) is 4.80. The number of aliphatic hydroxyl groups is 1. The Morgan fingerprint density at radius 3 is 2.92 bits per heavy atom. The van der Waals surface area contributed by atoms with Gasteiger partial charge in [0.25, 0.3) is 5.56 Å². The summed E-state index contributed by atoms with van der Waals surface area (Å²) in [4.78, 5) is 40.1. The van der Waals surface area contributed by atoms with Crippen molar-refractivity contribution in [2.45, 2.75) is 24.5 Å². The molecule has 0 aromatic carbocycles. The van der Waals surface area contributed by atoms with Crippen LogP contribution in [0.4, 0.5) is 0 Å². The van der Waals surface area contributed by atoms with Crippen LogP contribution in [0.15, 0.2) is 17.4 Å². The topological polar surface area (TPSA) is 160 Å². The van der Waals surface area contributed by atoms with E-state index in [1.807, 2.05) is 0 Å². The summed E-state index contributed by atoms with van der Waals surface area (Å²) in [5.41, 5.74) is -0.202. The van der Waals surface area contributed by atoms with E-state index < -0.39 is 37.9 Å². The van der Waals surface area contributed by atoms with Crippen LogP contribution in [-0.4, -0.2) is 64.7 Å². The fourth-order valence-corrected chi connectivity index (χ4v) is 3.76. The Balaban J connectivity index is 1.97. The molecule has 0 saturated carbocycles. The second-order valence-corrected chi connectivity index (χ2v) is 7.23. The summed E-state index contributed by atoms with van der Waals surface area (Å²) in [6, 6.07) is 0. The molecule has 4 atom stereocenters. The van der Waals surface area contributed by atoms with Crippen LogP contribution in [-0.2, 0) is 13.8 Å². The van der Waals surface area contributed by atoms with Crippen LogP contribution in [0.5, 0.6) is 0 Å². The number of thioether (sulfide) groups is 1. The van der Waals surface area contributed by atoms with Gasteiger partial charge in [-0.2, -0.15) is 11.8 Å². The second kappa shape index (κ2) is 6.56. The standard InChI is InChI=1S/C11H15N4O7PS/c1-24-2-5-8(22-23(18,19)20)7(16)11(21-5)15-4-14-6-9(15)12-3-13-10(6)17/h3-5,7-8,11,16H,2H2,1H3,(H,12,13,17)(H2,18,19,20)/t5-,7-,8-,11-/m1/s1. The molecule has 0 aliphatic carbocycles. The predicted molar refractivity (Wildman–Crippen MR) is 83.4 cm³/mol. The van der Waals surface area contributed by atoms with Crippen molar-refractivity contribution in [3.05, 3.63) is 23.0 Å². The monoisotopic (exact) mass is 378 g/mol. The van der Waals surface area contributed by atoms with Crippen molar-refractivity contribution in [1.82, 2.24) is 19.5 Å². The quantitative estimate of drug-likeness (QED) is 0.486. The molecule has 4 N–H and O–H groups in total. The van der Waals surface area contributed by atoms with E-state index >= 15 is 0 Å². The molecule has 132 valence electrons. The van der Waals surface area contributed by atoms with Crippen molar-refractivity contribution >= 4 is 30.7 Å². The maximum atomic E-state index is 11.7. The van der Waals surface area contributed by atoms with E-state index in [9.17, 15) is 14.5 Å². The average molecular weight is 378 g/mol. The molecule has 0 bridgehead atoms. The van der Waals surface area contributed by atoms with E-state index in [4.69, 9.17) is 19.0 Å². The third-order valence-electron chi connectivity index (χ3n) is 3.54. The summed E-state index contributed by atoms with van der Waals surface area (Å²) in [6.45, 7) is 0. The summed E-state index contributed by atoms with van der Waals surface area (Å²) in [5.74, 6) is 0.346. The molecule has 0 unspecified atom stereocenters. The van der Waals surface area contributed by atoms with Gasteiger partial charge in [0.1, 0.15) is 12.2 Å². The Bertz CT molecular complexity index is 835. The van der Waals surface area contributed by atoms with Crippen molar-refractivity contribution in [2.24, 2.45) is 0 Å². The van der Waals surface area contributed by atoms with Gasteiger partial charge in [-0.05, 0) is 6.26 Å². The predicted octanol–water partition coefficient (Wildman–Crippen LogP) is -0.781. The summed E-state index contributed by atoms with van der Waals surface area (Å²) in [5, 5.41) is 10.4. The number of phosphoric acid groups is 1. The van der Waals surface area contributed by atoms with Crippen LogP contribution >= 0.6 is 19.6 Å². The minimum absolute atomic E-state index is 0.0640. The van der Waals surface area contributed by atoms with Gasteiger partial charge in [-0.15, -0.1) is 0 Å². The average Bonchev–Trinajstić information content (AvgIpc) is 3.03. The number of nitrogens with zero attached hydrogens (tertiary/aromatic N) is 3. The fourth-order valence-electron chi connectivity index (χ4n) is 2.59. The maximum absolute atomic E-state index is 11.7. The van der Waals surface area contributed by atoms with Crippen molar-refractivity contribution in [3.8, 4) is 0 Å². The number of aromatic amines is 1. The molecule has 0 amide bonds. The molecule has 1 aliphatic heterocycles. The first-order chi connectivity index (χ1) is 11.3. The van der Waals surface area contributed by atoms with Gasteiger partial charge in [-0.1, -0.05) is 0 Å². The first-order valence-corrected chi connectivity index (χ1v) is 9.71.